The van der Waals surface area contributed by atoms with E-state index in [0.717, 1.165) is 24.2 Å². The molecule has 30 heavy (non-hydrogen) atoms. The van der Waals surface area contributed by atoms with Crippen LogP contribution < -0.4 is 15.2 Å². The maximum absolute atomic E-state index is 12.3. The lowest BCUT2D eigenvalue weighted by atomic mass is 10.1. The number of aryl methyl sites for hydroxylation is 2. The molecule has 1 aliphatic carbocycles. The molecule has 8 heteroatoms. The molecule has 4 rings (SSSR count). The number of primary sulfonamides is 1. The summed E-state index contributed by atoms with van der Waals surface area (Å²) in [5, 5.41) is 7.81. The van der Waals surface area contributed by atoms with E-state index < -0.39 is 10.0 Å². The van der Waals surface area contributed by atoms with Crippen molar-refractivity contribution in [1.29, 1.82) is 0 Å². The van der Waals surface area contributed by atoms with E-state index >= 15 is 0 Å². The first kappa shape index (κ1) is 20.2. The van der Waals surface area contributed by atoms with Gasteiger partial charge >= 0.3 is 0 Å². The number of sulfonamides is 1. The summed E-state index contributed by atoms with van der Waals surface area (Å²) in [7, 11) is -3.73. The van der Waals surface area contributed by atoms with E-state index in [0.29, 0.717) is 5.76 Å². The Kier molecular flexibility index (Phi) is 5.61. The number of hydrogen-bond donors (Lipinski definition) is 2. The predicted octanol–water partition coefficient (Wildman–Crippen LogP) is 2.92. The van der Waals surface area contributed by atoms with Crippen molar-refractivity contribution in [2.24, 2.45) is 5.14 Å². The number of hydrogen-bond acceptors (Lipinski definition) is 5. The van der Waals surface area contributed by atoms with Crippen LogP contribution in [-0.4, -0.2) is 14.3 Å². The molecule has 0 atom stereocenters. The highest BCUT2D eigenvalue weighted by Gasteiger charge is 2.14. The van der Waals surface area contributed by atoms with Gasteiger partial charge in [0.2, 0.25) is 10.0 Å². The molecule has 3 N–H and O–H groups in total. The Hall–Kier alpha value is -3.10. The molecule has 1 aromatic heterocycles. The Balaban J connectivity index is 1.30. The van der Waals surface area contributed by atoms with Crippen molar-refractivity contribution < 1.29 is 22.4 Å². The van der Waals surface area contributed by atoms with Gasteiger partial charge in [0.05, 0.1) is 4.90 Å². The third-order valence-electron chi connectivity index (χ3n) is 5.04. The Morgan fingerprint density at radius 3 is 2.57 bits per heavy atom. The van der Waals surface area contributed by atoms with Crippen LogP contribution in [0.1, 0.15) is 39.4 Å². The van der Waals surface area contributed by atoms with Gasteiger partial charge in [-0.15, -0.1) is 0 Å². The molecule has 0 saturated carbocycles. The minimum absolute atomic E-state index is 0.0247. The summed E-state index contributed by atoms with van der Waals surface area (Å²) < 4.78 is 33.9. The predicted molar refractivity (Wildman–Crippen MR) is 110 cm³/mol. The average molecular weight is 426 g/mol. The molecular formula is C22H22N2O5S. The zero-order valence-corrected chi connectivity index (χ0v) is 17.1. The number of amides is 1. The first-order valence-electron chi connectivity index (χ1n) is 9.62. The molecule has 7 nitrogen and oxygen atoms in total. The van der Waals surface area contributed by atoms with Gasteiger partial charge in [0.1, 0.15) is 18.1 Å². The van der Waals surface area contributed by atoms with E-state index in [-0.39, 0.29) is 29.7 Å². The normalized spacial score (nSPS) is 13.1. The van der Waals surface area contributed by atoms with Gasteiger partial charge in [0, 0.05) is 6.54 Å². The molecule has 0 radical (unpaired) electrons. The topological polar surface area (TPSA) is 112 Å². The molecule has 0 spiro atoms. The van der Waals surface area contributed by atoms with Crippen LogP contribution in [0.2, 0.25) is 0 Å². The van der Waals surface area contributed by atoms with Crippen molar-refractivity contribution in [3.8, 4) is 5.75 Å². The molecule has 3 aromatic rings. The fraction of sp³-hybridized carbons (Fsp3) is 0.227. The van der Waals surface area contributed by atoms with E-state index in [1.54, 1.807) is 24.3 Å². The van der Waals surface area contributed by atoms with Crippen LogP contribution in [0.5, 0.6) is 5.75 Å². The first-order valence-corrected chi connectivity index (χ1v) is 11.2. The molecule has 156 valence electrons. The number of ether oxygens (including phenoxy) is 1. The average Bonchev–Trinajstić information content (AvgIpc) is 3.39. The highest BCUT2D eigenvalue weighted by molar-refractivity contribution is 7.89. The summed E-state index contributed by atoms with van der Waals surface area (Å²) in [4.78, 5) is 12.3. The summed E-state index contributed by atoms with van der Waals surface area (Å²) in [5.41, 5.74) is 3.46. The summed E-state index contributed by atoms with van der Waals surface area (Å²) in [6, 6.07) is 15.4. The van der Waals surface area contributed by atoms with Crippen LogP contribution in [0.25, 0.3) is 0 Å². The van der Waals surface area contributed by atoms with Crippen LogP contribution in [0, 0.1) is 0 Å². The Morgan fingerprint density at radius 1 is 1.03 bits per heavy atom. The molecule has 0 bridgehead atoms. The number of furan rings is 1. The molecule has 0 saturated heterocycles. The minimum atomic E-state index is -3.73. The largest absolute Gasteiger partial charge is 0.486 e. The fourth-order valence-electron chi connectivity index (χ4n) is 3.44. The lowest BCUT2D eigenvalue weighted by Gasteiger charge is -2.07. The van der Waals surface area contributed by atoms with Gasteiger partial charge in [-0.2, -0.15) is 0 Å². The quantitative estimate of drug-likeness (QED) is 0.603. The second kappa shape index (κ2) is 8.33. The van der Waals surface area contributed by atoms with Crippen molar-refractivity contribution in [2.45, 2.75) is 37.3 Å². The molecule has 0 aliphatic heterocycles. The molecule has 0 fully saturated rings. The second-order valence-electron chi connectivity index (χ2n) is 7.21. The van der Waals surface area contributed by atoms with E-state index in [1.165, 1.54) is 29.7 Å². The second-order valence-corrected chi connectivity index (χ2v) is 8.77. The SMILES string of the molecule is NS(=O)(=O)c1ccc(CNC(=O)c2ccc(COc3ccc4c(c3)CCC4)o2)cc1. The molecule has 1 amide bonds. The van der Waals surface area contributed by atoms with E-state index in [1.807, 2.05) is 6.07 Å². The third-order valence-corrected chi connectivity index (χ3v) is 5.97. The minimum Gasteiger partial charge on any atom is -0.486 e. The third kappa shape index (κ3) is 4.72. The Bertz CT molecular complexity index is 1170. The monoisotopic (exact) mass is 426 g/mol. The maximum atomic E-state index is 12.3. The van der Waals surface area contributed by atoms with Crippen molar-refractivity contribution >= 4 is 15.9 Å². The molecule has 1 heterocycles. The van der Waals surface area contributed by atoms with Crippen LogP contribution in [0.15, 0.2) is 63.9 Å². The van der Waals surface area contributed by atoms with Crippen molar-refractivity contribution in [2.75, 3.05) is 0 Å². The number of nitrogens with one attached hydrogen (secondary N) is 1. The van der Waals surface area contributed by atoms with Gasteiger partial charge in [-0.3, -0.25) is 4.79 Å². The van der Waals surface area contributed by atoms with Gasteiger partial charge in [-0.1, -0.05) is 18.2 Å². The van der Waals surface area contributed by atoms with E-state index in [2.05, 4.69) is 17.4 Å². The molecule has 1 aliphatic rings. The van der Waals surface area contributed by atoms with Crippen LogP contribution in [-0.2, 0) is 36.0 Å². The van der Waals surface area contributed by atoms with Crippen molar-refractivity contribution in [3.63, 3.8) is 0 Å². The first-order chi connectivity index (χ1) is 14.4. The number of carbonyl (C=O) groups is 1. The number of nitrogens with two attached hydrogens (primary N) is 1. The lowest BCUT2D eigenvalue weighted by Crippen LogP contribution is -2.22. The van der Waals surface area contributed by atoms with Gasteiger partial charge < -0.3 is 14.5 Å². The molecular weight excluding hydrogens is 404 g/mol. The van der Waals surface area contributed by atoms with Gasteiger partial charge in [-0.25, -0.2) is 13.6 Å². The summed E-state index contributed by atoms with van der Waals surface area (Å²) in [5.74, 6) is 1.16. The number of carbonyl (C=O) groups excluding carboxylic acids is 1. The fourth-order valence-corrected chi connectivity index (χ4v) is 3.95. The smallest absolute Gasteiger partial charge is 0.287 e. The van der Waals surface area contributed by atoms with Gasteiger partial charge in [-0.05, 0) is 72.4 Å². The van der Waals surface area contributed by atoms with Crippen LogP contribution >= 0.6 is 0 Å². The zero-order valence-electron chi connectivity index (χ0n) is 16.3. The standard InChI is InChI=1S/C22H22N2O5S/c23-30(26,27)20-9-4-15(5-10-20)13-24-22(25)21-11-8-19(29-21)14-28-18-7-6-16-2-1-3-17(16)12-18/h4-12H,1-3,13-14H2,(H,24,25)(H2,23,26,27). The van der Waals surface area contributed by atoms with E-state index in [4.69, 9.17) is 14.3 Å². The highest BCUT2D eigenvalue weighted by atomic mass is 32.2. The Labute approximate surface area is 174 Å². The molecule has 0 unspecified atom stereocenters. The van der Waals surface area contributed by atoms with E-state index in [9.17, 15) is 13.2 Å². The van der Waals surface area contributed by atoms with Gasteiger partial charge in [0.15, 0.2) is 5.76 Å². The number of fused-ring (bicyclic) bond motifs is 1. The summed E-state index contributed by atoms with van der Waals surface area (Å²) >= 11 is 0. The maximum Gasteiger partial charge on any atom is 0.287 e. The zero-order chi connectivity index (χ0) is 21.1. The lowest BCUT2D eigenvalue weighted by molar-refractivity contribution is 0.0919. The summed E-state index contributed by atoms with van der Waals surface area (Å²) in [6.07, 6.45) is 3.40. The van der Waals surface area contributed by atoms with Crippen molar-refractivity contribution in [3.05, 3.63) is 82.8 Å². The number of benzene rings is 2. The number of rotatable bonds is 7. The molecule has 2 aromatic carbocycles. The Morgan fingerprint density at radius 2 is 1.80 bits per heavy atom. The van der Waals surface area contributed by atoms with Gasteiger partial charge in [0.25, 0.3) is 5.91 Å². The van der Waals surface area contributed by atoms with Crippen LogP contribution in [0.4, 0.5) is 0 Å². The highest BCUT2D eigenvalue weighted by Crippen LogP contribution is 2.26. The van der Waals surface area contributed by atoms with Crippen molar-refractivity contribution in [1.82, 2.24) is 5.32 Å². The van der Waals surface area contributed by atoms with Crippen LogP contribution in [0.3, 0.4) is 0 Å². The summed E-state index contributed by atoms with van der Waals surface area (Å²) in [6.45, 7) is 0.465.